The predicted molar refractivity (Wildman–Crippen MR) is 77.9 cm³/mol. The van der Waals surface area contributed by atoms with Crippen molar-refractivity contribution >= 4 is 11.6 Å². The number of nitrogens with two attached hydrogens (primary N) is 1. The Morgan fingerprint density at radius 1 is 1.35 bits per heavy atom. The summed E-state index contributed by atoms with van der Waals surface area (Å²) < 4.78 is 5.19. The van der Waals surface area contributed by atoms with Crippen molar-refractivity contribution in [3.05, 3.63) is 23.8 Å². The highest BCUT2D eigenvalue weighted by Gasteiger charge is 2.32. The van der Waals surface area contributed by atoms with Gasteiger partial charge in [-0.05, 0) is 37.6 Å². The number of benzene rings is 1. The molecular weight excluding hydrogens is 254 g/mol. The highest BCUT2D eigenvalue weighted by Crippen LogP contribution is 2.25. The topological polar surface area (TPSA) is 58.8 Å². The van der Waals surface area contributed by atoms with Gasteiger partial charge in [0.2, 0.25) is 0 Å². The second-order valence-electron chi connectivity index (χ2n) is 5.54. The largest absolute Gasteiger partial charge is 0.495 e. The Kier molecular flexibility index (Phi) is 3.53. The average Bonchev–Trinajstić information content (AvgIpc) is 2.94. The van der Waals surface area contributed by atoms with Gasteiger partial charge < -0.3 is 15.4 Å². The molecular formula is C15H21N3O2. The van der Waals surface area contributed by atoms with Crippen molar-refractivity contribution in [1.82, 2.24) is 9.80 Å². The van der Waals surface area contributed by atoms with E-state index in [1.54, 1.807) is 25.3 Å². The zero-order valence-electron chi connectivity index (χ0n) is 11.8. The lowest BCUT2D eigenvalue weighted by atomic mass is 10.1. The Morgan fingerprint density at radius 3 is 3.00 bits per heavy atom. The van der Waals surface area contributed by atoms with E-state index in [1.807, 2.05) is 4.90 Å². The van der Waals surface area contributed by atoms with Gasteiger partial charge in [-0.1, -0.05) is 0 Å². The Labute approximate surface area is 119 Å². The van der Waals surface area contributed by atoms with E-state index in [4.69, 9.17) is 10.5 Å². The summed E-state index contributed by atoms with van der Waals surface area (Å²) in [5, 5.41) is 0. The number of anilines is 1. The van der Waals surface area contributed by atoms with Crippen LogP contribution in [0.4, 0.5) is 5.69 Å². The van der Waals surface area contributed by atoms with Crippen LogP contribution < -0.4 is 10.5 Å². The molecule has 2 fully saturated rings. The highest BCUT2D eigenvalue weighted by molar-refractivity contribution is 5.95. The summed E-state index contributed by atoms with van der Waals surface area (Å²) in [5.41, 5.74) is 7.01. The summed E-state index contributed by atoms with van der Waals surface area (Å²) in [5.74, 6) is 0.644. The number of rotatable bonds is 2. The molecule has 108 valence electrons. The molecule has 0 aromatic heterocycles. The Hall–Kier alpha value is -1.75. The van der Waals surface area contributed by atoms with Gasteiger partial charge in [0, 0.05) is 31.2 Å². The molecule has 2 heterocycles. The summed E-state index contributed by atoms with van der Waals surface area (Å²) in [6.45, 7) is 3.82. The third-order valence-electron chi connectivity index (χ3n) is 4.35. The molecule has 5 nitrogen and oxygen atoms in total. The van der Waals surface area contributed by atoms with E-state index in [-0.39, 0.29) is 5.91 Å². The van der Waals surface area contributed by atoms with Crippen molar-refractivity contribution in [2.45, 2.75) is 18.9 Å². The van der Waals surface area contributed by atoms with Gasteiger partial charge in [0.25, 0.3) is 5.91 Å². The molecule has 0 bridgehead atoms. The summed E-state index contributed by atoms with van der Waals surface area (Å²) in [4.78, 5) is 17.0. The molecule has 2 aliphatic heterocycles. The van der Waals surface area contributed by atoms with E-state index < -0.39 is 0 Å². The number of methoxy groups -OCH3 is 1. The van der Waals surface area contributed by atoms with Gasteiger partial charge in [-0.2, -0.15) is 0 Å². The average molecular weight is 275 g/mol. The van der Waals surface area contributed by atoms with Crippen LogP contribution in [0.5, 0.6) is 5.75 Å². The summed E-state index contributed by atoms with van der Waals surface area (Å²) in [7, 11) is 1.57. The fourth-order valence-electron chi connectivity index (χ4n) is 3.20. The van der Waals surface area contributed by atoms with Crippen LogP contribution >= 0.6 is 0 Å². The van der Waals surface area contributed by atoms with Gasteiger partial charge in [0.1, 0.15) is 5.75 Å². The monoisotopic (exact) mass is 275 g/mol. The number of carbonyl (C=O) groups excluding carboxylic acids is 1. The van der Waals surface area contributed by atoms with Crippen molar-refractivity contribution in [1.29, 1.82) is 0 Å². The number of ether oxygens (including phenoxy) is 1. The molecule has 1 aromatic rings. The first-order chi connectivity index (χ1) is 9.69. The summed E-state index contributed by atoms with van der Waals surface area (Å²) in [6, 6.07) is 5.79. The molecule has 1 amide bonds. The summed E-state index contributed by atoms with van der Waals surface area (Å²) in [6.07, 6.45) is 2.46. The SMILES string of the molecule is COc1cc(C(=O)N2CCN3CCC[C@H]3C2)ccc1N. The van der Waals surface area contributed by atoms with E-state index in [0.29, 0.717) is 23.0 Å². The standard InChI is InChI=1S/C15H21N3O2/c1-20-14-9-11(4-5-13(14)16)15(19)18-8-7-17-6-2-3-12(17)10-18/h4-5,9,12H,2-3,6-8,10,16H2,1H3/t12-/m0/s1. The quantitative estimate of drug-likeness (QED) is 0.824. The number of piperazine rings is 1. The molecule has 3 rings (SSSR count). The normalized spacial score (nSPS) is 22.6. The van der Waals surface area contributed by atoms with Gasteiger partial charge in [-0.25, -0.2) is 0 Å². The van der Waals surface area contributed by atoms with E-state index in [9.17, 15) is 4.79 Å². The molecule has 5 heteroatoms. The second-order valence-corrected chi connectivity index (χ2v) is 5.54. The van der Waals surface area contributed by atoms with Crippen LogP contribution in [0.3, 0.4) is 0 Å². The fraction of sp³-hybridized carbons (Fsp3) is 0.533. The zero-order chi connectivity index (χ0) is 14.1. The number of carbonyl (C=O) groups is 1. The van der Waals surface area contributed by atoms with Crippen LogP contribution in [-0.2, 0) is 0 Å². The number of hydrogen-bond acceptors (Lipinski definition) is 4. The minimum absolute atomic E-state index is 0.0786. The van der Waals surface area contributed by atoms with Crippen molar-refractivity contribution < 1.29 is 9.53 Å². The van der Waals surface area contributed by atoms with Gasteiger partial charge in [-0.3, -0.25) is 9.69 Å². The van der Waals surface area contributed by atoms with Crippen molar-refractivity contribution in [3.8, 4) is 5.75 Å². The fourth-order valence-corrected chi connectivity index (χ4v) is 3.20. The van der Waals surface area contributed by atoms with Gasteiger partial charge >= 0.3 is 0 Å². The number of nitrogens with zero attached hydrogens (tertiary/aromatic N) is 2. The first kappa shape index (κ1) is 13.2. The summed E-state index contributed by atoms with van der Waals surface area (Å²) >= 11 is 0. The molecule has 0 saturated carbocycles. The Bertz CT molecular complexity index is 518. The smallest absolute Gasteiger partial charge is 0.254 e. The molecule has 0 aliphatic carbocycles. The van der Waals surface area contributed by atoms with Crippen LogP contribution in [0, 0.1) is 0 Å². The minimum Gasteiger partial charge on any atom is -0.495 e. The van der Waals surface area contributed by atoms with Crippen molar-refractivity contribution in [2.24, 2.45) is 0 Å². The van der Waals surface area contributed by atoms with Gasteiger partial charge in [-0.15, -0.1) is 0 Å². The van der Waals surface area contributed by atoms with Crippen LogP contribution in [0.25, 0.3) is 0 Å². The molecule has 20 heavy (non-hydrogen) atoms. The van der Waals surface area contributed by atoms with E-state index >= 15 is 0 Å². The number of hydrogen-bond donors (Lipinski definition) is 1. The lowest BCUT2D eigenvalue weighted by Crippen LogP contribution is -2.52. The first-order valence-electron chi connectivity index (χ1n) is 7.16. The molecule has 2 N–H and O–H groups in total. The molecule has 2 aliphatic rings. The van der Waals surface area contributed by atoms with E-state index in [0.717, 1.165) is 19.6 Å². The van der Waals surface area contributed by atoms with Crippen molar-refractivity contribution in [2.75, 3.05) is 39.0 Å². The minimum atomic E-state index is 0.0786. The molecule has 0 radical (unpaired) electrons. The zero-order valence-corrected chi connectivity index (χ0v) is 11.8. The second kappa shape index (κ2) is 5.32. The van der Waals surface area contributed by atoms with E-state index in [1.165, 1.54) is 19.4 Å². The highest BCUT2D eigenvalue weighted by atomic mass is 16.5. The Balaban J connectivity index is 1.75. The molecule has 2 saturated heterocycles. The molecule has 1 atom stereocenters. The number of fused-ring (bicyclic) bond motifs is 1. The maximum Gasteiger partial charge on any atom is 0.254 e. The van der Waals surface area contributed by atoms with Crippen LogP contribution in [0.1, 0.15) is 23.2 Å². The maximum atomic E-state index is 12.6. The maximum absolute atomic E-state index is 12.6. The lowest BCUT2D eigenvalue weighted by molar-refractivity contribution is 0.0571. The Morgan fingerprint density at radius 2 is 2.20 bits per heavy atom. The van der Waals surface area contributed by atoms with Crippen molar-refractivity contribution in [3.63, 3.8) is 0 Å². The van der Waals surface area contributed by atoms with E-state index in [2.05, 4.69) is 4.90 Å². The molecule has 0 spiro atoms. The van der Waals surface area contributed by atoms with Gasteiger partial charge in [0.15, 0.2) is 0 Å². The number of nitrogen functional groups attached to an aromatic ring is 1. The third-order valence-corrected chi connectivity index (χ3v) is 4.35. The lowest BCUT2D eigenvalue weighted by Gasteiger charge is -2.37. The third kappa shape index (κ3) is 2.33. The van der Waals surface area contributed by atoms with Crippen LogP contribution in [0.2, 0.25) is 0 Å². The van der Waals surface area contributed by atoms with Crippen LogP contribution in [-0.4, -0.2) is 55.0 Å². The van der Waals surface area contributed by atoms with Gasteiger partial charge in [0.05, 0.1) is 12.8 Å². The predicted octanol–water partition coefficient (Wildman–Crippen LogP) is 1.20. The molecule has 0 unspecified atom stereocenters. The molecule has 1 aromatic carbocycles. The van der Waals surface area contributed by atoms with Crippen LogP contribution in [0.15, 0.2) is 18.2 Å². The first-order valence-corrected chi connectivity index (χ1v) is 7.16. The number of amides is 1.